The van der Waals surface area contributed by atoms with Gasteiger partial charge in [-0.2, -0.15) is 0 Å². The number of benzene rings is 3. The number of hydrogen-bond donors (Lipinski definition) is 2. The van der Waals surface area contributed by atoms with Gasteiger partial charge in [0.25, 0.3) is 17.7 Å². The largest absolute Gasteiger partial charge is 0.494 e. The molecule has 0 aromatic heterocycles. The molecule has 3 aromatic rings. The van der Waals surface area contributed by atoms with Gasteiger partial charge in [-0.1, -0.05) is 29.3 Å². The van der Waals surface area contributed by atoms with Crippen LogP contribution in [0.25, 0.3) is 0 Å². The lowest BCUT2D eigenvalue weighted by Gasteiger charge is -2.15. The monoisotopic (exact) mass is 513 g/mol. The van der Waals surface area contributed by atoms with Crippen LogP contribution >= 0.6 is 23.2 Å². The molecule has 3 amide bonds. The zero-order chi connectivity index (χ0) is 25.1. The molecule has 0 aliphatic carbocycles. The molecule has 0 saturated carbocycles. The third-order valence-corrected chi connectivity index (χ3v) is 5.65. The van der Waals surface area contributed by atoms with Crippen LogP contribution in [0.5, 0.6) is 5.75 Å². The number of rotatable bonds is 7. The van der Waals surface area contributed by atoms with Crippen molar-refractivity contribution in [3.05, 3.63) is 93.9 Å². The second-order valence-corrected chi connectivity index (χ2v) is 8.14. The van der Waals surface area contributed by atoms with E-state index < -0.39 is 17.6 Å². The van der Waals surface area contributed by atoms with Crippen LogP contribution in [0.3, 0.4) is 0 Å². The van der Waals surface area contributed by atoms with Crippen molar-refractivity contribution in [1.29, 1.82) is 0 Å². The van der Waals surface area contributed by atoms with E-state index in [1.807, 2.05) is 6.92 Å². The molecule has 10 heteroatoms. The molecule has 1 aliphatic heterocycles. The maximum absolute atomic E-state index is 13.5. The Balaban J connectivity index is 1.50. The highest BCUT2D eigenvalue weighted by Crippen LogP contribution is 2.32. The van der Waals surface area contributed by atoms with Crippen molar-refractivity contribution < 1.29 is 23.5 Å². The van der Waals surface area contributed by atoms with Crippen LogP contribution in [-0.2, 0) is 9.59 Å². The zero-order valence-electron chi connectivity index (χ0n) is 18.3. The van der Waals surface area contributed by atoms with Gasteiger partial charge in [0, 0.05) is 16.9 Å². The molecule has 0 atom stereocenters. The number of carbonyl (C=O) groups is 3. The molecule has 0 fully saturated rings. The van der Waals surface area contributed by atoms with E-state index in [2.05, 4.69) is 10.6 Å². The SMILES string of the molecule is CCOc1ccc(NC(=O)c2cccc(NC3=C(Cl)C(=O)N(c4ccc(F)c(Cl)c4)C3=O)c2)cc1. The van der Waals surface area contributed by atoms with Crippen LogP contribution in [0.2, 0.25) is 5.02 Å². The van der Waals surface area contributed by atoms with Gasteiger partial charge in [-0.3, -0.25) is 14.4 Å². The minimum atomic E-state index is -0.786. The fourth-order valence-electron chi connectivity index (χ4n) is 3.36. The zero-order valence-corrected chi connectivity index (χ0v) is 19.8. The number of ether oxygens (including phenoxy) is 1. The first kappa shape index (κ1) is 24.3. The fourth-order valence-corrected chi connectivity index (χ4v) is 3.74. The van der Waals surface area contributed by atoms with Crippen LogP contribution in [0.15, 0.2) is 77.5 Å². The third kappa shape index (κ3) is 5.13. The predicted octanol–water partition coefficient (Wildman–Crippen LogP) is 5.57. The van der Waals surface area contributed by atoms with E-state index in [0.29, 0.717) is 29.3 Å². The Morgan fingerprint density at radius 2 is 1.71 bits per heavy atom. The number of nitrogens with zero attached hydrogens (tertiary/aromatic N) is 1. The van der Waals surface area contributed by atoms with E-state index in [4.69, 9.17) is 27.9 Å². The summed E-state index contributed by atoms with van der Waals surface area (Å²) in [7, 11) is 0. The van der Waals surface area contributed by atoms with E-state index >= 15 is 0 Å². The Morgan fingerprint density at radius 1 is 0.971 bits per heavy atom. The van der Waals surface area contributed by atoms with Gasteiger partial charge in [-0.15, -0.1) is 0 Å². The van der Waals surface area contributed by atoms with Crippen molar-refractivity contribution in [3.8, 4) is 5.75 Å². The smallest absolute Gasteiger partial charge is 0.283 e. The Labute approximate surface area is 210 Å². The van der Waals surface area contributed by atoms with Gasteiger partial charge in [0.05, 0.1) is 17.3 Å². The van der Waals surface area contributed by atoms with Crippen LogP contribution in [0, 0.1) is 5.82 Å². The summed E-state index contributed by atoms with van der Waals surface area (Å²) in [6.45, 7) is 2.42. The molecular formula is C25H18Cl2FN3O4. The van der Waals surface area contributed by atoms with Crippen molar-refractivity contribution in [2.45, 2.75) is 6.92 Å². The van der Waals surface area contributed by atoms with E-state index in [9.17, 15) is 18.8 Å². The van der Waals surface area contributed by atoms with Crippen LogP contribution in [-0.4, -0.2) is 24.3 Å². The fraction of sp³-hybridized carbons (Fsp3) is 0.0800. The standard InChI is InChI=1S/C25H18Cl2FN3O4/c1-2-35-18-9-6-15(7-10-18)30-23(32)14-4-3-5-16(12-14)29-22-21(27)24(33)31(25(22)34)17-8-11-20(28)19(26)13-17/h3-13,29H,2H2,1H3,(H,30,32). The summed E-state index contributed by atoms with van der Waals surface area (Å²) in [4.78, 5) is 39.1. The van der Waals surface area contributed by atoms with Gasteiger partial charge >= 0.3 is 0 Å². The second-order valence-electron chi connectivity index (χ2n) is 7.35. The number of carbonyl (C=O) groups excluding carboxylic acids is 3. The molecule has 3 aromatic carbocycles. The number of anilines is 3. The van der Waals surface area contributed by atoms with E-state index in [1.165, 1.54) is 12.1 Å². The number of halogens is 3. The maximum atomic E-state index is 13.5. The molecule has 1 aliphatic rings. The lowest BCUT2D eigenvalue weighted by atomic mass is 10.1. The highest BCUT2D eigenvalue weighted by atomic mass is 35.5. The van der Waals surface area contributed by atoms with E-state index in [-0.39, 0.29) is 27.3 Å². The van der Waals surface area contributed by atoms with Crippen LogP contribution < -0.4 is 20.3 Å². The molecule has 0 bridgehead atoms. The number of amides is 3. The summed E-state index contributed by atoms with van der Waals surface area (Å²) in [5.41, 5.74) is 1.14. The Hall–Kier alpha value is -3.88. The predicted molar refractivity (Wildman–Crippen MR) is 132 cm³/mol. The van der Waals surface area contributed by atoms with Gasteiger partial charge in [-0.25, -0.2) is 9.29 Å². The van der Waals surface area contributed by atoms with Gasteiger partial charge in [0.1, 0.15) is 22.3 Å². The van der Waals surface area contributed by atoms with Crippen molar-refractivity contribution in [2.75, 3.05) is 22.1 Å². The minimum Gasteiger partial charge on any atom is -0.494 e. The first-order valence-corrected chi connectivity index (χ1v) is 11.2. The van der Waals surface area contributed by atoms with Gasteiger partial charge < -0.3 is 15.4 Å². The Bertz CT molecular complexity index is 1360. The first-order valence-electron chi connectivity index (χ1n) is 10.4. The highest BCUT2D eigenvalue weighted by molar-refractivity contribution is 6.53. The van der Waals surface area contributed by atoms with Crippen LogP contribution in [0.4, 0.5) is 21.5 Å². The van der Waals surface area contributed by atoms with Crippen molar-refractivity contribution in [1.82, 2.24) is 0 Å². The van der Waals surface area contributed by atoms with E-state index in [0.717, 1.165) is 17.0 Å². The summed E-state index contributed by atoms with van der Waals surface area (Å²) in [6.07, 6.45) is 0. The first-order chi connectivity index (χ1) is 16.8. The van der Waals surface area contributed by atoms with Gasteiger partial charge in [0.2, 0.25) is 0 Å². The maximum Gasteiger partial charge on any atom is 0.283 e. The summed E-state index contributed by atoms with van der Waals surface area (Å²) < 4.78 is 18.9. The molecule has 35 heavy (non-hydrogen) atoms. The average Bonchev–Trinajstić information content (AvgIpc) is 3.05. The molecule has 0 radical (unpaired) electrons. The summed E-state index contributed by atoms with van der Waals surface area (Å²) >= 11 is 11.9. The lowest BCUT2D eigenvalue weighted by Crippen LogP contribution is -2.32. The Morgan fingerprint density at radius 3 is 2.40 bits per heavy atom. The quantitative estimate of drug-likeness (QED) is 0.403. The molecule has 178 valence electrons. The number of nitrogens with one attached hydrogen (secondary N) is 2. The summed E-state index contributed by atoms with van der Waals surface area (Å²) in [6, 6.07) is 16.7. The minimum absolute atomic E-state index is 0.0739. The molecule has 0 spiro atoms. The molecule has 1 heterocycles. The lowest BCUT2D eigenvalue weighted by molar-refractivity contribution is -0.120. The summed E-state index contributed by atoms with van der Waals surface area (Å²) in [5.74, 6) is -1.91. The molecule has 7 nitrogen and oxygen atoms in total. The number of imide groups is 1. The molecule has 0 saturated heterocycles. The number of hydrogen-bond acceptors (Lipinski definition) is 5. The van der Waals surface area contributed by atoms with Crippen LogP contribution in [0.1, 0.15) is 17.3 Å². The molecule has 4 rings (SSSR count). The van der Waals surface area contributed by atoms with Gasteiger partial charge in [0.15, 0.2) is 0 Å². The molecule has 0 unspecified atom stereocenters. The van der Waals surface area contributed by atoms with Crippen molar-refractivity contribution >= 4 is 58.0 Å². The topological polar surface area (TPSA) is 87.7 Å². The van der Waals surface area contributed by atoms with Crippen molar-refractivity contribution in [3.63, 3.8) is 0 Å². The van der Waals surface area contributed by atoms with E-state index in [1.54, 1.807) is 42.5 Å². The Kier molecular flexibility index (Phi) is 7.04. The summed E-state index contributed by atoms with van der Waals surface area (Å²) in [5, 5.41) is 5.00. The highest BCUT2D eigenvalue weighted by Gasteiger charge is 2.39. The van der Waals surface area contributed by atoms with Gasteiger partial charge in [-0.05, 0) is 67.6 Å². The normalized spacial score (nSPS) is 13.3. The third-order valence-electron chi connectivity index (χ3n) is 5.01. The second kappa shape index (κ2) is 10.2. The molecular weight excluding hydrogens is 496 g/mol. The average molecular weight is 514 g/mol. The van der Waals surface area contributed by atoms with Crippen molar-refractivity contribution in [2.24, 2.45) is 0 Å². The molecule has 2 N–H and O–H groups in total.